The van der Waals surface area contributed by atoms with Gasteiger partial charge in [-0.05, 0) is 25.2 Å². The third kappa shape index (κ3) is 5.60. The number of amidine groups is 1. The van der Waals surface area contributed by atoms with Crippen LogP contribution in [-0.2, 0) is 4.79 Å². The average Bonchev–Trinajstić information content (AvgIpc) is 2.73. The van der Waals surface area contributed by atoms with Crippen LogP contribution in [0.1, 0.15) is 24.8 Å². The molecule has 1 aromatic carbocycles. The van der Waals surface area contributed by atoms with Gasteiger partial charge in [-0.1, -0.05) is 17.8 Å². The number of carbonyl (C=O) groups is 1. The number of nitrogens with zero attached hydrogens (tertiary/aromatic N) is 4. The maximum absolute atomic E-state index is 11.7. The van der Waals surface area contributed by atoms with Gasteiger partial charge in [0.15, 0.2) is 5.17 Å². The molecule has 0 spiro atoms. The number of hydrazone groups is 1. The van der Waals surface area contributed by atoms with Crippen molar-refractivity contribution in [3.05, 3.63) is 33.9 Å². The van der Waals surface area contributed by atoms with E-state index in [2.05, 4.69) is 15.5 Å². The molecule has 1 atom stereocenters. The van der Waals surface area contributed by atoms with E-state index in [1.165, 1.54) is 17.8 Å². The number of carbonyl (C=O) groups excluding carboxylic acids is 1. The summed E-state index contributed by atoms with van der Waals surface area (Å²) in [5.41, 5.74) is 9.65. The minimum absolute atomic E-state index is 0. The Morgan fingerprint density at radius 3 is 2.77 bits per heavy atom. The van der Waals surface area contributed by atoms with Crippen LogP contribution < -0.4 is 16.1 Å². The van der Waals surface area contributed by atoms with Crippen LogP contribution in [0.15, 0.2) is 28.3 Å². The first kappa shape index (κ1) is 24.3. The Labute approximate surface area is 195 Å². The normalized spacial score (nSPS) is 20.3. The molecule has 0 radical (unpaired) electrons. The van der Waals surface area contributed by atoms with E-state index in [1.54, 1.807) is 12.1 Å². The third-order valence-electron chi connectivity index (χ3n) is 5.13. The fourth-order valence-corrected chi connectivity index (χ4v) is 3.85. The Bertz CT molecular complexity index is 857. The maximum Gasteiger partial charge on any atom is 0.293 e. The first-order valence-electron chi connectivity index (χ1n) is 9.31. The Balaban J connectivity index is 0.00000320. The van der Waals surface area contributed by atoms with Gasteiger partial charge in [0.2, 0.25) is 5.91 Å². The monoisotopic (exact) mass is 548 g/mol. The Morgan fingerprint density at radius 1 is 1.47 bits per heavy atom. The lowest BCUT2D eigenvalue weighted by Crippen LogP contribution is -2.36. The smallest absolute Gasteiger partial charge is 0.293 e. The first-order valence-corrected chi connectivity index (χ1v) is 10.5. The molecule has 10 nitrogen and oxygen atoms in total. The molecule has 1 aromatic rings. The van der Waals surface area contributed by atoms with Gasteiger partial charge in [0.25, 0.3) is 5.69 Å². The van der Waals surface area contributed by atoms with E-state index in [0.717, 1.165) is 12.8 Å². The number of nitrogens with two attached hydrogens (primary N) is 1. The second-order valence-electron chi connectivity index (χ2n) is 6.97. The number of anilines is 1. The number of nitrogens with one attached hydrogen (secondary N) is 1. The number of aliphatic imine (C=N–C) groups is 1. The number of rotatable bonds is 5. The van der Waals surface area contributed by atoms with E-state index in [0.29, 0.717) is 35.2 Å². The van der Waals surface area contributed by atoms with Crippen LogP contribution in [0, 0.1) is 16.0 Å². The summed E-state index contributed by atoms with van der Waals surface area (Å²) in [4.78, 5) is 29.3. The number of aliphatic hydroxyl groups is 1. The molecule has 12 heteroatoms. The summed E-state index contributed by atoms with van der Waals surface area (Å²) < 4.78 is 0. The predicted molar refractivity (Wildman–Crippen MR) is 129 cm³/mol. The Kier molecular flexibility index (Phi) is 8.85. The number of aliphatic hydroxyl groups excluding tert-OH is 1. The number of piperidine rings is 1. The molecule has 2 aliphatic heterocycles. The van der Waals surface area contributed by atoms with Crippen molar-refractivity contribution in [2.45, 2.75) is 25.3 Å². The number of nitro benzene ring substituents is 1. The molecule has 0 bridgehead atoms. The maximum atomic E-state index is 11.7. The molecular formula is C18H25IN6O4S. The van der Waals surface area contributed by atoms with E-state index in [1.807, 2.05) is 11.2 Å². The summed E-state index contributed by atoms with van der Waals surface area (Å²) in [5.74, 6) is -0.767. The molecular weight excluding hydrogens is 523 g/mol. The number of amides is 1. The molecule has 0 aliphatic carbocycles. The highest BCUT2D eigenvalue weighted by atomic mass is 127. The highest BCUT2D eigenvalue weighted by molar-refractivity contribution is 14.0. The first-order chi connectivity index (χ1) is 13.9. The highest BCUT2D eigenvalue weighted by Crippen LogP contribution is 2.33. The van der Waals surface area contributed by atoms with E-state index >= 15 is 0 Å². The molecule has 2 aliphatic rings. The fraction of sp³-hybridized carbons (Fsp3) is 0.500. The molecule has 0 aromatic heterocycles. The quantitative estimate of drug-likeness (QED) is 0.167. The molecule has 4 N–H and O–H groups in total. The number of thioether (sulfide) groups is 1. The second-order valence-corrected chi connectivity index (χ2v) is 7.79. The summed E-state index contributed by atoms with van der Waals surface area (Å²) in [5, 5.41) is 25.9. The van der Waals surface area contributed by atoms with Gasteiger partial charge in [0, 0.05) is 37.1 Å². The van der Waals surface area contributed by atoms with Gasteiger partial charge < -0.3 is 15.7 Å². The molecule has 1 saturated heterocycles. The van der Waals surface area contributed by atoms with Gasteiger partial charge in [-0.2, -0.15) is 5.10 Å². The lowest BCUT2D eigenvalue weighted by Gasteiger charge is -2.32. The molecule has 164 valence electrons. The van der Waals surface area contributed by atoms with E-state index in [-0.39, 0.29) is 54.6 Å². The van der Waals surface area contributed by atoms with E-state index < -0.39 is 10.8 Å². The standard InChI is InChI=1S/C18H24N6O4S.HI/c1-29-18(19)20-13-4-6-23(7-5-13)14-3-2-11(8-15(14)24(27)28)17-12(10-25)9-16(26)21-22-17;/h2-3,8,12-13,25H,4-7,9-10H2,1H3,(H2,19,20)(H,21,26);1H. The van der Waals surface area contributed by atoms with Crippen molar-refractivity contribution < 1.29 is 14.8 Å². The van der Waals surface area contributed by atoms with Crippen molar-refractivity contribution in [1.29, 1.82) is 0 Å². The number of hydrogen-bond acceptors (Lipinski definition) is 8. The zero-order valence-corrected chi connectivity index (χ0v) is 19.6. The van der Waals surface area contributed by atoms with Gasteiger partial charge >= 0.3 is 0 Å². The number of halogens is 1. The van der Waals surface area contributed by atoms with Gasteiger partial charge in [-0.3, -0.25) is 19.9 Å². The summed E-state index contributed by atoms with van der Waals surface area (Å²) in [6, 6.07) is 5.05. The number of nitro groups is 1. The summed E-state index contributed by atoms with van der Waals surface area (Å²) in [7, 11) is 0. The molecule has 30 heavy (non-hydrogen) atoms. The number of benzene rings is 1. The number of hydrogen-bond donors (Lipinski definition) is 3. The van der Waals surface area contributed by atoms with Crippen LogP contribution in [0.2, 0.25) is 0 Å². The summed E-state index contributed by atoms with van der Waals surface area (Å²) in [6.07, 6.45) is 3.51. The largest absolute Gasteiger partial charge is 0.396 e. The van der Waals surface area contributed by atoms with E-state index in [4.69, 9.17) is 5.73 Å². The molecule has 3 rings (SSSR count). The van der Waals surface area contributed by atoms with Crippen molar-refractivity contribution in [2.24, 2.45) is 21.7 Å². The van der Waals surface area contributed by atoms with Gasteiger partial charge in [0.1, 0.15) is 5.69 Å². The second kappa shape index (κ2) is 10.9. The van der Waals surface area contributed by atoms with E-state index in [9.17, 15) is 20.0 Å². The molecule has 0 saturated carbocycles. The topological polar surface area (TPSA) is 146 Å². The van der Waals surface area contributed by atoms with Crippen molar-refractivity contribution in [2.75, 3.05) is 30.9 Å². The zero-order valence-electron chi connectivity index (χ0n) is 16.5. The minimum Gasteiger partial charge on any atom is -0.396 e. The van der Waals surface area contributed by atoms with Crippen LogP contribution >= 0.6 is 35.7 Å². The minimum atomic E-state index is -0.482. The SMILES string of the molecule is CSC(N)=NC1CCN(c2ccc(C3=NNC(=O)CC3CO)cc2[N+](=O)[O-])CC1.I. The van der Waals surface area contributed by atoms with Crippen molar-refractivity contribution in [1.82, 2.24) is 5.43 Å². The van der Waals surface area contributed by atoms with Crippen LogP contribution in [-0.4, -0.2) is 58.8 Å². The Hall–Kier alpha value is -1.93. The van der Waals surface area contributed by atoms with Crippen LogP contribution in [0.4, 0.5) is 11.4 Å². The van der Waals surface area contributed by atoms with Crippen molar-refractivity contribution in [3.63, 3.8) is 0 Å². The average molecular weight is 548 g/mol. The summed E-state index contributed by atoms with van der Waals surface area (Å²) >= 11 is 1.41. The van der Waals surface area contributed by atoms with Gasteiger partial charge in [-0.15, -0.1) is 24.0 Å². The highest BCUT2D eigenvalue weighted by Gasteiger charge is 2.29. The van der Waals surface area contributed by atoms with Gasteiger partial charge in [0.05, 0.1) is 23.3 Å². The van der Waals surface area contributed by atoms with Crippen LogP contribution in [0.3, 0.4) is 0 Å². The fourth-order valence-electron chi connectivity index (χ4n) is 3.60. The molecule has 2 heterocycles. The van der Waals surface area contributed by atoms with Gasteiger partial charge in [-0.25, -0.2) is 5.43 Å². The van der Waals surface area contributed by atoms with Crippen LogP contribution in [0.5, 0.6) is 0 Å². The molecule has 1 unspecified atom stereocenters. The Morgan fingerprint density at radius 2 is 2.17 bits per heavy atom. The van der Waals surface area contributed by atoms with Crippen LogP contribution in [0.25, 0.3) is 0 Å². The lowest BCUT2D eigenvalue weighted by atomic mass is 9.92. The molecule has 1 fully saturated rings. The molecule has 1 amide bonds. The van der Waals surface area contributed by atoms with Crippen molar-refractivity contribution in [3.8, 4) is 0 Å². The summed E-state index contributed by atoms with van der Waals surface area (Å²) in [6.45, 7) is 1.04. The van der Waals surface area contributed by atoms with Crippen molar-refractivity contribution >= 4 is 63.9 Å². The third-order valence-corrected chi connectivity index (χ3v) is 5.66. The predicted octanol–water partition coefficient (Wildman–Crippen LogP) is 1.69. The lowest BCUT2D eigenvalue weighted by molar-refractivity contribution is -0.384. The zero-order chi connectivity index (χ0) is 21.0.